The second kappa shape index (κ2) is 7.59. The number of aryl methyl sites for hydroxylation is 1. The fourth-order valence-electron chi connectivity index (χ4n) is 3.17. The van der Waals surface area contributed by atoms with Gasteiger partial charge in [0.1, 0.15) is 0 Å². The van der Waals surface area contributed by atoms with Gasteiger partial charge in [-0.15, -0.1) is 0 Å². The average molecular weight is 391 g/mol. The molecule has 4 rings (SSSR count). The summed E-state index contributed by atoms with van der Waals surface area (Å²) in [6.07, 6.45) is 3.27. The van der Waals surface area contributed by atoms with Crippen molar-refractivity contribution >= 4 is 27.6 Å². The SMILES string of the molecule is COc1cc2ccncc2cc1OC(=O)CCn1c(=O)[nH]c(=O)c2ccccc21. The fourth-order valence-corrected chi connectivity index (χ4v) is 3.17. The van der Waals surface area contributed by atoms with Gasteiger partial charge >= 0.3 is 11.7 Å². The minimum atomic E-state index is -0.573. The van der Waals surface area contributed by atoms with Gasteiger partial charge in [-0.25, -0.2) is 4.79 Å². The summed E-state index contributed by atoms with van der Waals surface area (Å²) in [5.74, 6) is 0.161. The molecule has 0 aliphatic rings. The summed E-state index contributed by atoms with van der Waals surface area (Å²) in [5, 5.41) is 2.09. The highest BCUT2D eigenvalue weighted by atomic mass is 16.6. The van der Waals surface area contributed by atoms with Crippen LogP contribution in [0.25, 0.3) is 21.7 Å². The van der Waals surface area contributed by atoms with Crippen LogP contribution < -0.4 is 20.7 Å². The molecule has 0 bridgehead atoms. The number of carbonyl (C=O) groups excluding carboxylic acids is 1. The van der Waals surface area contributed by atoms with E-state index in [1.807, 2.05) is 6.07 Å². The van der Waals surface area contributed by atoms with Crippen molar-refractivity contribution in [3.8, 4) is 11.5 Å². The molecule has 0 saturated carbocycles. The van der Waals surface area contributed by atoms with Gasteiger partial charge in [-0.1, -0.05) is 12.1 Å². The number of nitrogens with one attached hydrogen (secondary N) is 1. The molecule has 8 nitrogen and oxygen atoms in total. The number of aromatic amines is 1. The van der Waals surface area contributed by atoms with Crippen molar-refractivity contribution in [1.82, 2.24) is 14.5 Å². The van der Waals surface area contributed by atoms with E-state index in [1.165, 1.54) is 11.7 Å². The fraction of sp³-hybridized carbons (Fsp3) is 0.143. The number of ether oxygens (including phenoxy) is 2. The third kappa shape index (κ3) is 3.60. The Morgan fingerprint density at radius 3 is 2.72 bits per heavy atom. The molecule has 0 spiro atoms. The molecule has 2 aromatic carbocycles. The standard InChI is InChI=1S/C21H17N3O5/c1-28-17-10-13-6-8-22-12-14(13)11-18(17)29-19(25)7-9-24-16-5-3-2-4-15(16)20(26)23-21(24)27/h2-6,8,10-12H,7,9H2,1H3,(H,23,26,27). The van der Waals surface area contributed by atoms with Gasteiger partial charge in [-0.05, 0) is 35.7 Å². The van der Waals surface area contributed by atoms with E-state index in [0.29, 0.717) is 16.7 Å². The van der Waals surface area contributed by atoms with Gasteiger partial charge in [-0.3, -0.25) is 24.1 Å². The Bertz CT molecular complexity index is 1340. The Morgan fingerprint density at radius 2 is 1.90 bits per heavy atom. The Kier molecular flexibility index (Phi) is 4.82. The molecule has 0 aliphatic carbocycles. The summed E-state index contributed by atoms with van der Waals surface area (Å²) in [6.45, 7) is 0.0619. The number of fused-ring (bicyclic) bond motifs is 2. The number of benzene rings is 2. The molecule has 4 aromatic rings. The molecule has 0 radical (unpaired) electrons. The van der Waals surface area contributed by atoms with Crippen molar-refractivity contribution in [2.75, 3.05) is 7.11 Å². The van der Waals surface area contributed by atoms with Gasteiger partial charge in [0.05, 0.1) is 24.4 Å². The number of para-hydroxylation sites is 1. The summed E-state index contributed by atoms with van der Waals surface area (Å²) in [7, 11) is 1.49. The van der Waals surface area contributed by atoms with Crippen molar-refractivity contribution in [1.29, 1.82) is 0 Å². The van der Waals surface area contributed by atoms with Crippen LogP contribution in [0.4, 0.5) is 0 Å². The van der Waals surface area contributed by atoms with Crippen LogP contribution in [0.5, 0.6) is 11.5 Å². The quantitative estimate of drug-likeness (QED) is 0.413. The molecule has 0 aliphatic heterocycles. The first-order valence-electron chi connectivity index (χ1n) is 8.91. The number of nitrogens with zero attached hydrogens (tertiary/aromatic N) is 2. The van der Waals surface area contributed by atoms with Crippen molar-refractivity contribution in [2.45, 2.75) is 13.0 Å². The van der Waals surface area contributed by atoms with E-state index in [0.717, 1.165) is 10.8 Å². The van der Waals surface area contributed by atoms with Crippen LogP contribution in [0.1, 0.15) is 6.42 Å². The highest BCUT2D eigenvalue weighted by molar-refractivity contribution is 5.86. The number of hydrogen-bond acceptors (Lipinski definition) is 6. The molecule has 2 heterocycles. The van der Waals surface area contributed by atoms with Gasteiger partial charge < -0.3 is 9.47 Å². The van der Waals surface area contributed by atoms with E-state index in [1.54, 1.807) is 48.8 Å². The number of aromatic nitrogens is 3. The number of pyridine rings is 1. The summed E-state index contributed by atoms with van der Waals surface area (Å²) in [4.78, 5) is 42.9. The van der Waals surface area contributed by atoms with Crippen LogP contribution >= 0.6 is 0 Å². The van der Waals surface area contributed by atoms with Gasteiger partial charge in [0.25, 0.3) is 5.56 Å². The minimum Gasteiger partial charge on any atom is -0.493 e. The molecule has 0 unspecified atom stereocenters. The highest BCUT2D eigenvalue weighted by Crippen LogP contribution is 2.32. The zero-order chi connectivity index (χ0) is 20.4. The molecular weight excluding hydrogens is 374 g/mol. The molecule has 0 saturated heterocycles. The number of esters is 1. The maximum atomic E-state index is 12.4. The summed E-state index contributed by atoms with van der Waals surface area (Å²) < 4.78 is 12.1. The first kappa shape index (κ1) is 18.4. The zero-order valence-electron chi connectivity index (χ0n) is 15.5. The van der Waals surface area contributed by atoms with Crippen molar-refractivity contribution in [3.05, 3.63) is 75.7 Å². The van der Waals surface area contributed by atoms with Gasteiger partial charge in [0.15, 0.2) is 11.5 Å². The van der Waals surface area contributed by atoms with Crippen LogP contribution in [0, 0.1) is 0 Å². The monoisotopic (exact) mass is 391 g/mol. The van der Waals surface area contributed by atoms with Crippen LogP contribution in [-0.2, 0) is 11.3 Å². The van der Waals surface area contributed by atoms with Gasteiger partial charge in [-0.2, -0.15) is 0 Å². The third-order valence-corrected chi connectivity index (χ3v) is 4.59. The van der Waals surface area contributed by atoms with Crippen LogP contribution in [-0.4, -0.2) is 27.6 Å². The van der Waals surface area contributed by atoms with E-state index in [9.17, 15) is 14.4 Å². The molecule has 2 aromatic heterocycles. The second-order valence-corrected chi connectivity index (χ2v) is 6.38. The summed E-state index contributed by atoms with van der Waals surface area (Å²) >= 11 is 0. The smallest absolute Gasteiger partial charge is 0.328 e. The molecule has 29 heavy (non-hydrogen) atoms. The minimum absolute atomic E-state index is 0.0619. The molecule has 0 fully saturated rings. The van der Waals surface area contributed by atoms with Crippen molar-refractivity contribution < 1.29 is 14.3 Å². The van der Waals surface area contributed by atoms with Crippen LogP contribution in [0.3, 0.4) is 0 Å². The van der Waals surface area contributed by atoms with Crippen LogP contribution in [0.2, 0.25) is 0 Å². The Labute approximate surface area is 164 Å². The maximum absolute atomic E-state index is 12.4. The summed E-state index contributed by atoms with van der Waals surface area (Å²) in [6, 6.07) is 12.0. The Hall–Kier alpha value is -3.94. The molecule has 0 amide bonds. The number of rotatable bonds is 5. The Morgan fingerprint density at radius 1 is 1.10 bits per heavy atom. The third-order valence-electron chi connectivity index (χ3n) is 4.59. The lowest BCUT2D eigenvalue weighted by atomic mass is 10.1. The van der Waals surface area contributed by atoms with E-state index < -0.39 is 17.2 Å². The molecule has 146 valence electrons. The summed E-state index contributed by atoms with van der Waals surface area (Å²) in [5.41, 5.74) is -0.571. The van der Waals surface area contributed by atoms with Crippen LogP contribution in [0.15, 0.2) is 64.4 Å². The molecule has 8 heteroatoms. The lowest BCUT2D eigenvalue weighted by molar-refractivity contribution is -0.134. The number of H-pyrrole nitrogens is 1. The number of carbonyl (C=O) groups is 1. The first-order valence-corrected chi connectivity index (χ1v) is 8.91. The maximum Gasteiger partial charge on any atom is 0.328 e. The van der Waals surface area contributed by atoms with E-state index in [-0.39, 0.29) is 18.7 Å². The predicted molar refractivity (Wildman–Crippen MR) is 107 cm³/mol. The lowest BCUT2D eigenvalue weighted by Gasteiger charge is -2.12. The van der Waals surface area contributed by atoms with Crippen molar-refractivity contribution in [2.24, 2.45) is 0 Å². The van der Waals surface area contributed by atoms with E-state index in [2.05, 4.69) is 9.97 Å². The highest BCUT2D eigenvalue weighted by Gasteiger charge is 2.14. The molecule has 1 N–H and O–H groups in total. The average Bonchev–Trinajstić information content (AvgIpc) is 2.73. The second-order valence-electron chi connectivity index (χ2n) is 6.38. The predicted octanol–water partition coefficient (Wildman–Crippen LogP) is 2.24. The van der Waals surface area contributed by atoms with Gasteiger partial charge in [0.2, 0.25) is 0 Å². The number of hydrogen-bond donors (Lipinski definition) is 1. The van der Waals surface area contributed by atoms with Gasteiger partial charge in [0, 0.05) is 24.3 Å². The zero-order valence-corrected chi connectivity index (χ0v) is 15.5. The first-order chi connectivity index (χ1) is 14.1. The van der Waals surface area contributed by atoms with Crippen molar-refractivity contribution in [3.63, 3.8) is 0 Å². The molecular formula is C21H17N3O5. The van der Waals surface area contributed by atoms with E-state index in [4.69, 9.17) is 9.47 Å². The largest absolute Gasteiger partial charge is 0.493 e. The Balaban J connectivity index is 1.58. The molecule has 0 atom stereocenters. The topological polar surface area (TPSA) is 103 Å². The lowest BCUT2D eigenvalue weighted by Crippen LogP contribution is -2.31. The normalized spacial score (nSPS) is 10.9. The van der Waals surface area contributed by atoms with E-state index >= 15 is 0 Å². The number of methoxy groups -OCH3 is 1.